The van der Waals surface area contributed by atoms with Gasteiger partial charge >= 0.3 is 10.4 Å². The second-order valence-corrected chi connectivity index (χ2v) is 4.37. The molecule has 0 saturated carbocycles. The Bertz CT molecular complexity index is 505. The van der Waals surface area contributed by atoms with Crippen molar-refractivity contribution >= 4 is 27.7 Å². The summed E-state index contributed by atoms with van der Waals surface area (Å²) in [5, 5.41) is 1.17. The first-order valence-corrected chi connectivity index (χ1v) is 5.75. The third kappa shape index (κ3) is 2.36. The topological polar surface area (TPSA) is 77.1 Å². The van der Waals surface area contributed by atoms with Gasteiger partial charge in [-0.2, -0.15) is 8.42 Å². The first kappa shape index (κ1) is 11.4. The summed E-state index contributed by atoms with van der Waals surface area (Å²) < 4.78 is 35.3. The predicted molar refractivity (Wildman–Crippen MR) is 54.7 cm³/mol. The Morgan fingerprint density at radius 1 is 1.44 bits per heavy atom. The first-order chi connectivity index (χ1) is 7.50. The van der Waals surface area contributed by atoms with Crippen molar-refractivity contribution < 1.29 is 21.7 Å². The van der Waals surface area contributed by atoms with E-state index in [0.717, 1.165) is 5.17 Å². The number of ether oxygens (including phenoxy) is 1. The van der Waals surface area contributed by atoms with Crippen LogP contribution < -0.4 is 15.5 Å². The van der Waals surface area contributed by atoms with Crippen molar-refractivity contribution in [3.05, 3.63) is 23.2 Å². The molecule has 0 aliphatic carbocycles. The van der Waals surface area contributed by atoms with Gasteiger partial charge in [-0.1, -0.05) is 17.2 Å². The highest BCUT2D eigenvalue weighted by Gasteiger charge is 2.29. The number of hydrogen-bond donors (Lipinski definition) is 1. The summed E-state index contributed by atoms with van der Waals surface area (Å²) in [7, 11) is -2.59. The van der Waals surface area contributed by atoms with E-state index in [-0.39, 0.29) is 0 Å². The highest BCUT2D eigenvalue weighted by atomic mass is 35.5. The molecule has 0 atom stereocenters. The number of rotatable bonds is 2. The van der Waals surface area contributed by atoms with E-state index < -0.39 is 10.4 Å². The zero-order valence-electron chi connectivity index (χ0n) is 8.01. The van der Waals surface area contributed by atoms with E-state index in [1.54, 1.807) is 6.07 Å². The van der Waals surface area contributed by atoms with Crippen molar-refractivity contribution in [3.63, 3.8) is 0 Å². The van der Waals surface area contributed by atoms with Crippen molar-refractivity contribution in [3.8, 4) is 5.75 Å². The Balaban J connectivity index is 2.31. The summed E-state index contributed by atoms with van der Waals surface area (Å²) in [4.78, 5) is 0. The Kier molecular flexibility index (Phi) is 2.91. The van der Waals surface area contributed by atoms with Crippen molar-refractivity contribution in [1.29, 1.82) is 0 Å². The highest BCUT2D eigenvalue weighted by Crippen LogP contribution is 2.28. The molecule has 1 aliphatic heterocycles. The number of nitrogens with one attached hydrogen (secondary N) is 1. The molecule has 16 heavy (non-hydrogen) atoms. The van der Waals surface area contributed by atoms with Crippen LogP contribution in [0.15, 0.2) is 18.2 Å². The summed E-state index contributed by atoms with van der Waals surface area (Å²) in [6.45, 7) is 0. The van der Waals surface area contributed by atoms with E-state index in [4.69, 9.17) is 16.3 Å². The molecule has 1 fully saturated rings. The third-order valence-electron chi connectivity index (χ3n) is 1.71. The maximum Gasteiger partial charge on any atom is 0.440 e. The molecule has 1 aliphatic rings. The lowest BCUT2D eigenvalue weighted by molar-refractivity contribution is 0.198. The maximum atomic E-state index is 10.8. The fourth-order valence-corrected chi connectivity index (χ4v) is 1.79. The lowest BCUT2D eigenvalue weighted by Crippen LogP contribution is -2.28. The SMILES string of the molecule is COc1cc(Cl)cc(N2NOS(=O)(=O)O2)c1. The fourth-order valence-electron chi connectivity index (χ4n) is 1.08. The van der Waals surface area contributed by atoms with Gasteiger partial charge in [0.15, 0.2) is 0 Å². The lowest BCUT2D eigenvalue weighted by Gasteiger charge is -2.12. The number of anilines is 1. The molecule has 9 heteroatoms. The van der Waals surface area contributed by atoms with Crippen LogP contribution in [-0.4, -0.2) is 15.5 Å². The Morgan fingerprint density at radius 2 is 2.19 bits per heavy atom. The van der Waals surface area contributed by atoms with Gasteiger partial charge in [-0.15, -0.1) is 13.7 Å². The van der Waals surface area contributed by atoms with E-state index in [9.17, 15) is 8.42 Å². The number of hydrazine groups is 1. The van der Waals surface area contributed by atoms with E-state index >= 15 is 0 Å². The Morgan fingerprint density at radius 3 is 2.75 bits per heavy atom. The lowest BCUT2D eigenvalue weighted by atomic mass is 10.3. The molecular formula is C7H7ClN2O5S. The van der Waals surface area contributed by atoms with Gasteiger partial charge in [0.1, 0.15) is 5.75 Å². The van der Waals surface area contributed by atoms with E-state index in [1.165, 1.54) is 19.2 Å². The minimum Gasteiger partial charge on any atom is -0.497 e. The normalized spacial score (nSPS) is 18.8. The fraction of sp³-hybridized carbons (Fsp3) is 0.143. The van der Waals surface area contributed by atoms with Gasteiger partial charge < -0.3 is 4.74 Å². The number of nitrogens with zero attached hydrogens (tertiary/aromatic N) is 1. The van der Waals surface area contributed by atoms with Crippen LogP contribution in [0.25, 0.3) is 0 Å². The van der Waals surface area contributed by atoms with Crippen molar-refractivity contribution in [2.45, 2.75) is 0 Å². The average Bonchev–Trinajstić information content (AvgIpc) is 2.58. The summed E-state index contributed by atoms with van der Waals surface area (Å²) >= 11 is 5.80. The predicted octanol–water partition coefficient (Wildman–Crippen LogP) is 0.781. The second-order valence-electron chi connectivity index (χ2n) is 2.80. The molecule has 1 N–H and O–H groups in total. The largest absolute Gasteiger partial charge is 0.497 e. The zero-order chi connectivity index (χ0) is 11.8. The number of halogens is 1. The molecule has 2 rings (SSSR count). The molecule has 0 radical (unpaired) electrons. The van der Waals surface area contributed by atoms with Gasteiger partial charge in [0, 0.05) is 11.1 Å². The molecular weight excluding hydrogens is 260 g/mol. The molecule has 1 aromatic carbocycles. The molecule has 0 aromatic heterocycles. The molecule has 0 spiro atoms. The van der Waals surface area contributed by atoms with Gasteiger partial charge in [0.2, 0.25) is 0 Å². The first-order valence-electron chi connectivity index (χ1n) is 4.03. The van der Waals surface area contributed by atoms with Crippen LogP contribution in [0.1, 0.15) is 0 Å². The summed E-state index contributed by atoms with van der Waals surface area (Å²) in [5.74, 6) is 0.456. The van der Waals surface area contributed by atoms with Crippen molar-refractivity contribution in [2.24, 2.45) is 0 Å². The highest BCUT2D eigenvalue weighted by molar-refractivity contribution is 7.82. The van der Waals surface area contributed by atoms with E-state index in [1.807, 2.05) is 0 Å². The molecule has 0 amide bonds. The second kappa shape index (κ2) is 4.07. The number of hydrogen-bond acceptors (Lipinski definition) is 7. The smallest absolute Gasteiger partial charge is 0.440 e. The van der Waals surface area contributed by atoms with Gasteiger partial charge in [-0.25, -0.2) is 0 Å². The van der Waals surface area contributed by atoms with Crippen LogP contribution >= 0.6 is 11.6 Å². The van der Waals surface area contributed by atoms with Crippen LogP contribution in [0.4, 0.5) is 5.69 Å². The van der Waals surface area contributed by atoms with Crippen molar-refractivity contribution in [1.82, 2.24) is 5.59 Å². The molecule has 88 valence electrons. The van der Waals surface area contributed by atoms with E-state index in [0.29, 0.717) is 16.5 Å². The summed E-state index contributed by atoms with van der Waals surface area (Å²) in [5.41, 5.74) is 2.38. The molecule has 1 saturated heterocycles. The molecule has 0 unspecified atom stereocenters. The van der Waals surface area contributed by atoms with Crippen LogP contribution in [0.2, 0.25) is 5.02 Å². The number of methoxy groups -OCH3 is 1. The van der Waals surface area contributed by atoms with Gasteiger partial charge in [-0.3, -0.25) is 0 Å². The Hall–Kier alpha value is -1.06. The minimum absolute atomic E-state index is 0.324. The molecule has 1 aromatic rings. The third-order valence-corrected chi connectivity index (χ3v) is 2.54. The summed E-state index contributed by atoms with van der Waals surface area (Å²) in [6, 6.07) is 4.56. The zero-order valence-corrected chi connectivity index (χ0v) is 9.58. The van der Waals surface area contributed by atoms with Gasteiger partial charge in [0.25, 0.3) is 0 Å². The monoisotopic (exact) mass is 266 g/mol. The van der Waals surface area contributed by atoms with Crippen LogP contribution in [-0.2, 0) is 19.0 Å². The minimum atomic E-state index is -4.05. The van der Waals surface area contributed by atoms with Crippen LogP contribution in [0.3, 0.4) is 0 Å². The summed E-state index contributed by atoms with van der Waals surface area (Å²) in [6.07, 6.45) is 0. The molecule has 0 bridgehead atoms. The average molecular weight is 267 g/mol. The quantitative estimate of drug-likeness (QED) is 0.847. The van der Waals surface area contributed by atoms with Crippen molar-refractivity contribution in [2.75, 3.05) is 12.3 Å². The molecule has 1 heterocycles. The van der Waals surface area contributed by atoms with Gasteiger partial charge in [-0.05, 0) is 12.1 Å². The van der Waals surface area contributed by atoms with E-state index in [2.05, 4.69) is 14.2 Å². The number of benzene rings is 1. The molecule has 7 nitrogen and oxygen atoms in total. The standard InChI is InChI=1S/C7H7ClN2O5S/c1-13-7-3-5(8)2-6(4-7)10-9-14-16(11,12)15-10/h2-4,9H,1H3. The van der Waals surface area contributed by atoms with Gasteiger partial charge in [0.05, 0.1) is 12.8 Å². The van der Waals surface area contributed by atoms with Crippen LogP contribution in [0, 0.1) is 0 Å². The van der Waals surface area contributed by atoms with Crippen LogP contribution in [0.5, 0.6) is 5.75 Å². The maximum absolute atomic E-state index is 10.8. The Labute approximate surface area is 96.7 Å².